The van der Waals surface area contributed by atoms with Gasteiger partial charge >= 0.3 is 0 Å². The largest absolute Gasteiger partial charge is 0.507 e. The van der Waals surface area contributed by atoms with E-state index in [-0.39, 0.29) is 53.0 Å². The lowest BCUT2D eigenvalue weighted by atomic mass is 9.72. The number of ether oxygens (including phenoxy) is 6. The van der Waals surface area contributed by atoms with Crippen LogP contribution in [0.1, 0.15) is 82.7 Å². The number of aldehydes is 1. The molecule has 3 saturated heterocycles. The van der Waals surface area contributed by atoms with Gasteiger partial charge in [0.2, 0.25) is 5.78 Å². The van der Waals surface area contributed by atoms with Crippen LogP contribution in [-0.2, 0) is 39.7 Å². The predicted molar refractivity (Wildman–Crippen MR) is 167 cm³/mol. The van der Waals surface area contributed by atoms with E-state index in [2.05, 4.69) is 0 Å². The zero-order valence-corrected chi connectivity index (χ0v) is 27.5. The van der Waals surface area contributed by atoms with Crippen molar-refractivity contribution in [2.24, 2.45) is 0 Å². The van der Waals surface area contributed by atoms with Gasteiger partial charge in [0.25, 0.3) is 0 Å². The number of methoxy groups -OCH3 is 1. The number of phenolic OH excluding ortho intramolecular Hbond substituents is 2. The van der Waals surface area contributed by atoms with Crippen molar-refractivity contribution in [3.63, 3.8) is 0 Å². The van der Waals surface area contributed by atoms with E-state index in [1.165, 1.54) is 25.3 Å². The molecule has 3 N–H and O–H groups in total. The Kier molecular flexibility index (Phi) is 8.63. The van der Waals surface area contributed by atoms with Crippen molar-refractivity contribution < 1.29 is 62.9 Å². The van der Waals surface area contributed by atoms with Crippen LogP contribution >= 0.6 is 0 Å². The predicted octanol–water partition coefficient (Wildman–Crippen LogP) is 1.74. The third-order valence-electron chi connectivity index (χ3n) is 10.2. The summed E-state index contributed by atoms with van der Waals surface area (Å²) in [4.78, 5) is 55.1. The van der Waals surface area contributed by atoms with Crippen molar-refractivity contribution in [1.29, 1.82) is 0 Å². The van der Waals surface area contributed by atoms with Crippen molar-refractivity contribution in [3.8, 4) is 17.2 Å². The number of Topliss-reactive ketones (excluding diaryl/α,β-unsaturated/α-hetero) is 1. The van der Waals surface area contributed by atoms with E-state index in [0.29, 0.717) is 19.4 Å². The highest BCUT2D eigenvalue weighted by Gasteiger charge is 2.55. The molecule has 3 fully saturated rings. The average Bonchev–Trinajstić information content (AvgIpc) is 3.46. The molecule has 14 heteroatoms. The van der Waals surface area contributed by atoms with Crippen LogP contribution in [0.2, 0.25) is 0 Å². The molecular formula is C35H39NO13. The second-order valence-corrected chi connectivity index (χ2v) is 13.5. The van der Waals surface area contributed by atoms with Gasteiger partial charge in [-0.2, -0.15) is 0 Å². The molecule has 5 aliphatic rings. The standard InChI is InChI=1S/C35H39NO13/c1-15(2)46-14-23(38)35(43)11-18-26(32(42)28-27(30(18)40)29(39)17-6-5-7-20(44-4)25(17)31(28)41)21(12-35)48-24-10-19-33(16(3)47-24)49-34-22(13-37)45-9-8-36(19)34/h5-7,13,15-16,19,21-22,24,33-34,40,42-43H,8-12,14H2,1-4H3/t16-,19?,21-,22+,24-,33?,34+,35-/m0/s1. The molecule has 8 atom stereocenters. The van der Waals surface area contributed by atoms with Crippen molar-refractivity contribution in [2.45, 2.75) is 94.7 Å². The van der Waals surface area contributed by atoms with Crippen LogP contribution in [-0.4, -0.2) is 119 Å². The molecule has 0 saturated carbocycles. The average molecular weight is 682 g/mol. The molecule has 0 radical (unpaired) electrons. The fourth-order valence-electron chi connectivity index (χ4n) is 7.91. The zero-order chi connectivity index (χ0) is 34.9. The second kappa shape index (κ2) is 12.5. The monoisotopic (exact) mass is 681 g/mol. The Morgan fingerprint density at radius 2 is 1.88 bits per heavy atom. The summed E-state index contributed by atoms with van der Waals surface area (Å²) in [5, 5.41) is 35.5. The lowest BCUT2D eigenvalue weighted by Gasteiger charge is -2.43. The molecule has 262 valence electrons. The van der Waals surface area contributed by atoms with E-state index in [9.17, 15) is 34.5 Å². The molecule has 0 spiro atoms. The Morgan fingerprint density at radius 3 is 2.59 bits per heavy atom. The van der Waals surface area contributed by atoms with Crippen molar-refractivity contribution in [3.05, 3.63) is 51.6 Å². The first-order valence-electron chi connectivity index (χ1n) is 16.4. The van der Waals surface area contributed by atoms with Crippen LogP contribution in [0.3, 0.4) is 0 Å². The first-order valence-corrected chi connectivity index (χ1v) is 16.4. The maximum absolute atomic E-state index is 14.0. The molecule has 0 aromatic heterocycles. The molecule has 0 bridgehead atoms. The maximum Gasteiger partial charge on any atom is 0.202 e. The highest BCUT2D eigenvalue weighted by atomic mass is 16.7. The van der Waals surface area contributed by atoms with Gasteiger partial charge in [-0.3, -0.25) is 19.3 Å². The molecule has 14 nitrogen and oxygen atoms in total. The number of rotatable bonds is 8. The van der Waals surface area contributed by atoms with E-state index in [1.807, 2.05) is 4.90 Å². The number of nitrogens with zero attached hydrogens (tertiary/aromatic N) is 1. The van der Waals surface area contributed by atoms with Gasteiger partial charge in [-0.25, -0.2) is 0 Å². The van der Waals surface area contributed by atoms with Crippen LogP contribution in [0, 0.1) is 0 Å². The second-order valence-electron chi connectivity index (χ2n) is 13.5. The number of benzene rings is 2. The van der Waals surface area contributed by atoms with Gasteiger partial charge in [0.15, 0.2) is 30.2 Å². The SMILES string of the molecule is COc1cccc2c1C(=O)c1c(O)c3c(c(O)c1C2=O)C[C@@](O)(C(=O)COC(C)C)C[C@@H]3O[C@H]1CC2C(O[C@@H]3[C@@H](C=O)OCCN23)[C@H](C)O1. The van der Waals surface area contributed by atoms with Gasteiger partial charge in [-0.1, -0.05) is 12.1 Å². The molecule has 3 aliphatic heterocycles. The van der Waals surface area contributed by atoms with E-state index in [0.717, 1.165) is 0 Å². The van der Waals surface area contributed by atoms with Gasteiger partial charge in [0.05, 0.1) is 48.7 Å². The number of phenols is 2. The highest BCUT2D eigenvalue weighted by Crippen LogP contribution is 2.53. The first-order chi connectivity index (χ1) is 23.4. The summed E-state index contributed by atoms with van der Waals surface area (Å²) in [6.07, 6.45) is -4.73. The maximum atomic E-state index is 14.0. The number of hydrogen-bond donors (Lipinski definition) is 3. The van der Waals surface area contributed by atoms with E-state index < -0.39 is 95.5 Å². The molecule has 49 heavy (non-hydrogen) atoms. The lowest BCUT2D eigenvalue weighted by Crippen LogP contribution is -2.55. The third kappa shape index (κ3) is 5.37. The summed E-state index contributed by atoms with van der Waals surface area (Å²) < 4.78 is 35.4. The summed E-state index contributed by atoms with van der Waals surface area (Å²) in [6.45, 7) is 5.68. The van der Waals surface area contributed by atoms with Gasteiger partial charge in [0, 0.05) is 48.5 Å². The lowest BCUT2D eigenvalue weighted by molar-refractivity contribution is -0.247. The van der Waals surface area contributed by atoms with Crippen molar-refractivity contribution in [2.75, 3.05) is 26.9 Å². The summed E-state index contributed by atoms with van der Waals surface area (Å²) in [5.41, 5.74) is -3.23. The third-order valence-corrected chi connectivity index (χ3v) is 10.2. The minimum Gasteiger partial charge on any atom is -0.507 e. The minimum atomic E-state index is -2.14. The van der Waals surface area contributed by atoms with E-state index in [1.54, 1.807) is 20.8 Å². The highest BCUT2D eigenvalue weighted by molar-refractivity contribution is 6.31. The quantitative estimate of drug-likeness (QED) is 0.230. The van der Waals surface area contributed by atoms with Gasteiger partial charge in [-0.15, -0.1) is 0 Å². The molecule has 2 aromatic carbocycles. The summed E-state index contributed by atoms with van der Waals surface area (Å²) in [6, 6.07) is 4.23. The fourth-order valence-corrected chi connectivity index (χ4v) is 7.91. The Bertz CT molecular complexity index is 1720. The van der Waals surface area contributed by atoms with Gasteiger partial charge < -0.3 is 48.5 Å². The number of ketones is 3. The van der Waals surface area contributed by atoms with Crippen molar-refractivity contribution >= 4 is 23.6 Å². The number of fused-ring (bicyclic) bond motifs is 6. The normalized spacial score (nSPS) is 32.2. The number of aliphatic hydroxyl groups is 1. The van der Waals surface area contributed by atoms with Crippen LogP contribution in [0.25, 0.3) is 0 Å². The summed E-state index contributed by atoms with van der Waals surface area (Å²) in [5.74, 6) is -3.29. The van der Waals surface area contributed by atoms with Gasteiger partial charge in [-0.05, 0) is 26.8 Å². The Balaban J connectivity index is 1.29. The van der Waals surface area contributed by atoms with Crippen LogP contribution in [0.15, 0.2) is 18.2 Å². The Morgan fingerprint density at radius 1 is 1.12 bits per heavy atom. The first kappa shape index (κ1) is 33.7. The topological polar surface area (TPSA) is 188 Å². The molecular weight excluding hydrogens is 642 g/mol. The van der Waals surface area contributed by atoms with Crippen LogP contribution in [0.5, 0.6) is 17.2 Å². The van der Waals surface area contributed by atoms with E-state index in [4.69, 9.17) is 28.4 Å². The Labute approximate surface area is 281 Å². The van der Waals surface area contributed by atoms with Crippen LogP contribution in [0.4, 0.5) is 0 Å². The summed E-state index contributed by atoms with van der Waals surface area (Å²) in [7, 11) is 1.35. The molecule has 2 aromatic rings. The molecule has 0 amide bonds. The summed E-state index contributed by atoms with van der Waals surface area (Å²) >= 11 is 0. The number of hydrogen-bond acceptors (Lipinski definition) is 14. The molecule has 2 unspecified atom stereocenters. The number of carbonyl (C=O) groups is 4. The minimum absolute atomic E-state index is 0.0250. The van der Waals surface area contributed by atoms with Gasteiger partial charge in [0.1, 0.15) is 41.8 Å². The van der Waals surface area contributed by atoms with Crippen LogP contribution < -0.4 is 4.74 Å². The number of aromatic hydroxyl groups is 2. The molecule has 3 heterocycles. The Hall–Kier alpha value is -3.76. The molecule has 2 aliphatic carbocycles. The zero-order valence-electron chi connectivity index (χ0n) is 27.5. The fraction of sp³-hybridized carbons (Fsp3) is 0.543. The van der Waals surface area contributed by atoms with E-state index >= 15 is 0 Å². The van der Waals surface area contributed by atoms with Crippen molar-refractivity contribution in [1.82, 2.24) is 4.90 Å². The molecule has 7 rings (SSSR count). The number of morpholine rings is 1. The smallest absolute Gasteiger partial charge is 0.202 e. The number of carbonyl (C=O) groups excluding carboxylic acids is 4.